The summed E-state index contributed by atoms with van der Waals surface area (Å²) in [6.45, 7) is 0.262. The summed E-state index contributed by atoms with van der Waals surface area (Å²) in [6, 6.07) is 1.87. The zero-order valence-corrected chi connectivity index (χ0v) is 20.0. The minimum Gasteiger partial charge on any atom is -0.493 e. The van der Waals surface area contributed by atoms with Crippen LogP contribution in [-0.2, 0) is 16.0 Å². The van der Waals surface area contributed by atoms with Crippen molar-refractivity contribution in [2.45, 2.75) is 6.42 Å². The number of ether oxygens (including phenoxy) is 7. The predicted octanol–water partition coefficient (Wildman–Crippen LogP) is 4.17. The van der Waals surface area contributed by atoms with Crippen LogP contribution in [0.4, 0.5) is 0 Å². The van der Waals surface area contributed by atoms with Gasteiger partial charge in [-0.25, -0.2) is 4.79 Å². The smallest absolute Gasteiger partial charge is 0.334 e. The number of benzene rings is 2. The predicted molar refractivity (Wildman–Crippen MR) is 122 cm³/mol. The maximum absolute atomic E-state index is 12.6. The normalized spacial score (nSPS) is 17.8. The fourth-order valence-electron chi connectivity index (χ4n) is 4.54. The molecular weight excluding hydrogens is 452 g/mol. The van der Waals surface area contributed by atoms with Gasteiger partial charge in [-0.05, 0) is 24.1 Å². The van der Waals surface area contributed by atoms with E-state index in [0.717, 1.165) is 5.56 Å². The van der Waals surface area contributed by atoms with Gasteiger partial charge >= 0.3 is 5.97 Å². The Balaban J connectivity index is 2.25. The van der Waals surface area contributed by atoms with E-state index in [1.54, 1.807) is 20.3 Å². The molecule has 8 nitrogen and oxygen atoms in total. The fraction of sp³-hybridized carbons (Fsp3) is 0.375. The number of fused-ring (bicyclic) bond motifs is 4. The molecule has 1 heterocycles. The summed E-state index contributed by atoms with van der Waals surface area (Å²) in [7, 11) is 9.16. The van der Waals surface area contributed by atoms with Crippen LogP contribution in [0.2, 0.25) is 5.02 Å². The number of hydrogen-bond donors (Lipinski definition) is 0. The van der Waals surface area contributed by atoms with Gasteiger partial charge in [-0.1, -0.05) is 11.6 Å². The lowest BCUT2D eigenvalue weighted by atomic mass is 9.82. The summed E-state index contributed by atoms with van der Waals surface area (Å²) >= 11 is 6.84. The van der Waals surface area contributed by atoms with E-state index in [1.165, 1.54) is 28.4 Å². The molecule has 0 radical (unpaired) electrons. The van der Waals surface area contributed by atoms with Crippen LogP contribution in [0.1, 0.15) is 11.1 Å². The van der Waals surface area contributed by atoms with Crippen LogP contribution in [0, 0.1) is 5.92 Å². The standard InChI is InChI=1S/C24H25ClO8/c1-27-15-8-11-7-12-10-33-24(26)13(12)9-14-17(16(11)20(29-3)19(15)28-2)21(30-4)23(32-6)22(31-5)18(14)25/h8-9,12H,7,10H2,1-6H3/b13-9+/t12-/m1/s1. The van der Waals surface area contributed by atoms with Gasteiger partial charge in [0.15, 0.2) is 23.0 Å². The molecule has 1 aliphatic heterocycles. The molecule has 33 heavy (non-hydrogen) atoms. The number of esters is 1. The number of cyclic esters (lactones) is 1. The van der Waals surface area contributed by atoms with E-state index < -0.39 is 0 Å². The molecule has 0 N–H and O–H groups in total. The van der Waals surface area contributed by atoms with Gasteiger partial charge in [0, 0.05) is 28.2 Å². The molecular formula is C24H25ClO8. The van der Waals surface area contributed by atoms with E-state index in [2.05, 4.69) is 0 Å². The third-order valence-corrected chi connectivity index (χ3v) is 6.35. The third kappa shape index (κ3) is 3.40. The van der Waals surface area contributed by atoms with Gasteiger partial charge in [-0.2, -0.15) is 0 Å². The van der Waals surface area contributed by atoms with Crippen molar-refractivity contribution in [2.24, 2.45) is 5.92 Å². The number of hydrogen-bond acceptors (Lipinski definition) is 8. The highest BCUT2D eigenvalue weighted by Gasteiger charge is 2.38. The molecule has 0 unspecified atom stereocenters. The van der Waals surface area contributed by atoms with Gasteiger partial charge in [0.25, 0.3) is 0 Å². The minimum atomic E-state index is -0.383. The van der Waals surface area contributed by atoms with Crippen LogP contribution in [-0.4, -0.2) is 55.2 Å². The maximum atomic E-state index is 12.6. The SMILES string of the molecule is COc1cc2c(c(OC)c1OC)-c1c(c(Cl)c(OC)c(OC)c1OC)/C=C1/C(=O)OC[C@H]1C2. The molecule has 1 aliphatic carbocycles. The Bertz CT molecular complexity index is 1150. The van der Waals surface area contributed by atoms with Gasteiger partial charge in [0.2, 0.25) is 11.5 Å². The van der Waals surface area contributed by atoms with E-state index in [9.17, 15) is 4.79 Å². The molecule has 4 rings (SSSR count). The topological polar surface area (TPSA) is 81.7 Å². The molecule has 0 saturated carbocycles. The van der Waals surface area contributed by atoms with Crippen LogP contribution >= 0.6 is 11.6 Å². The van der Waals surface area contributed by atoms with Crippen molar-refractivity contribution >= 4 is 23.6 Å². The molecule has 1 fully saturated rings. The molecule has 176 valence electrons. The number of methoxy groups -OCH3 is 6. The van der Waals surface area contributed by atoms with Crippen LogP contribution in [0.3, 0.4) is 0 Å². The maximum Gasteiger partial charge on any atom is 0.334 e. The summed E-state index contributed by atoms with van der Waals surface area (Å²) in [5, 5.41) is 0.265. The lowest BCUT2D eigenvalue weighted by Gasteiger charge is -2.27. The van der Waals surface area contributed by atoms with E-state index >= 15 is 0 Å². The van der Waals surface area contributed by atoms with Gasteiger partial charge < -0.3 is 33.2 Å². The van der Waals surface area contributed by atoms with Crippen molar-refractivity contribution < 1.29 is 38.0 Å². The first-order valence-electron chi connectivity index (χ1n) is 10.2. The van der Waals surface area contributed by atoms with E-state index in [4.69, 9.17) is 44.8 Å². The van der Waals surface area contributed by atoms with Crippen LogP contribution in [0.5, 0.6) is 34.5 Å². The molecule has 0 bridgehead atoms. The van der Waals surface area contributed by atoms with Crippen LogP contribution in [0.25, 0.3) is 17.2 Å². The second-order valence-corrected chi connectivity index (χ2v) is 7.86. The zero-order valence-electron chi connectivity index (χ0n) is 19.3. The Kier molecular flexibility index (Phi) is 6.21. The largest absolute Gasteiger partial charge is 0.493 e. The number of halogens is 1. The van der Waals surface area contributed by atoms with Crippen molar-refractivity contribution in [1.29, 1.82) is 0 Å². The monoisotopic (exact) mass is 476 g/mol. The average molecular weight is 477 g/mol. The van der Waals surface area contributed by atoms with Gasteiger partial charge in [-0.15, -0.1) is 0 Å². The molecule has 2 aromatic rings. The highest BCUT2D eigenvalue weighted by atomic mass is 35.5. The third-order valence-electron chi connectivity index (χ3n) is 5.98. The zero-order chi connectivity index (χ0) is 23.9. The van der Waals surface area contributed by atoms with Crippen molar-refractivity contribution in [2.75, 3.05) is 49.3 Å². The van der Waals surface area contributed by atoms with Gasteiger partial charge in [-0.3, -0.25) is 0 Å². The fourth-order valence-corrected chi connectivity index (χ4v) is 4.85. The summed E-state index contributed by atoms with van der Waals surface area (Å²) in [5.74, 6) is 1.78. The Labute approximate surface area is 196 Å². The Morgan fingerprint density at radius 3 is 2.00 bits per heavy atom. The van der Waals surface area contributed by atoms with E-state index in [-0.39, 0.29) is 29.3 Å². The number of carbonyl (C=O) groups excluding carboxylic acids is 1. The first-order chi connectivity index (χ1) is 15.9. The van der Waals surface area contributed by atoms with Gasteiger partial charge in [0.05, 0.1) is 54.3 Å². The minimum absolute atomic E-state index is 0.178. The first kappa shape index (κ1) is 22.9. The quantitative estimate of drug-likeness (QED) is 0.574. The average Bonchev–Trinajstić information content (AvgIpc) is 3.15. The molecule has 1 atom stereocenters. The molecule has 1 saturated heterocycles. The molecule has 9 heteroatoms. The summed E-state index contributed by atoms with van der Waals surface area (Å²) < 4.78 is 39.4. The van der Waals surface area contributed by atoms with Crippen molar-refractivity contribution in [1.82, 2.24) is 0 Å². The molecule has 2 aromatic carbocycles. The van der Waals surface area contributed by atoms with Crippen LogP contribution < -0.4 is 28.4 Å². The molecule has 0 spiro atoms. The second kappa shape index (κ2) is 8.94. The Morgan fingerprint density at radius 1 is 0.818 bits per heavy atom. The Hall–Kier alpha value is -3.26. The van der Waals surface area contributed by atoms with E-state index in [1.807, 2.05) is 6.07 Å². The second-order valence-electron chi connectivity index (χ2n) is 7.48. The lowest BCUT2D eigenvalue weighted by molar-refractivity contribution is -0.135. The molecule has 0 aromatic heterocycles. The van der Waals surface area contributed by atoms with Crippen LogP contribution in [0.15, 0.2) is 11.6 Å². The van der Waals surface area contributed by atoms with Gasteiger partial charge in [0.1, 0.15) is 0 Å². The first-order valence-corrected chi connectivity index (χ1v) is 10.6. The summed E-state index contributed by atoms with van der Waals surface area (Å²) in [5.41, 5.74) is 3.17. The summed E-state index contributed by atoms with van der Waals surface area (Å²) in [4.78, 5) is 12.6. The molecule has 0 amide bonds. The highest BCUT2D eigenvalue weighted by Crippen LogP contribution is 2.58. The van der Waals surface area contributed by atoms with Crippen molar-refractivity contribution in [3.63, 3.8) is 0 Å². The van der Waals surface area contributed by atoms with E-state index in [0.29, 0.717) is 57.4 Å². The lowest BCUT2D eigenvalue weighted by Crippen LogP contribution is -2.13. The number of rotatable bonds is 6. The van der Waals surface area contributed by atoms with Crippen molar-refractivity contribution in [3.05, 3.63) is 27.8 Å². The Morgan fingerprint density at radius 2 is 1.42 bits per heavy atom. The highest BCUT2D eigenvalue weighted by molar-refractivity contribution is 6.35. The number of carbonyl (C=O) groups is 1. The molecule has 2 aliphatic rings. The summed E-state index contributed by atoms with van der Waals surface area (Å²) in [6.07, 6.45) is 2.24. The van der Waals surface area contributed by atoms with Crippen molar-refractivity contribution in [3.8, 4) is 45.6 Å².